The number of carbonyl (C=O) groups is 3. The minimum absolute atomic E-state index is 0.0195. The predicted molar refractivity (Wildman–Crippen MR) is 103 cm³/mol. The summed E-state index contributed by atoms with van der Waals surface area (Å²) in [7, 11) is 0. The van der Waals surface area contributed by atoms with Crippen LogP contribution in [-0.4, -0.2) is 38.2 Å². The van der Waals surface area contributed by atoms with Gasteiger partial charge in [0.25, 0.3) is 5.91 Å². The fourth-order valence-corrected chi connectivity index (χ4v) is 4.33. The number of aryl methyl sites for hydroxylation is 1. The Bertz CT molecular complexity index is 1070. The smallest absolute Gasteiger partial charge is 0.257 e. The number of thiophene rings is 1. The van der Waals surface area contributed by atoms with Crippen molar-refractivity contribution in [3.05, 3.63) is 51.6 Å². The molecular weight excluding hydrogens is 378 g/mol. The van der Waals surface area contributed by atoms with Gasteiger partial charge in [-0.2, -0.15) is 5.10 Å². The van der Waals surface area contributed by atoms with Gasteiger partial charge >= 0.3 is 0 Å². The van der Waals surface area contributed by atoms with Gasteiger partial charge in [0.15, 0.2) is 11.4 Å². The maximum Gasteiger partial charge on any atom is 0.257 e. The Hall–Kier alpha value is -3.07. The maximum atomic E-state index is 12.9. The number of hydrogen-bond acceptors (Lipinski definition) is 6. The van der Waals surface area contributed by atoms with E-state index in [9.17, 15) is 14.4 Å². The van der Waals surface area contributed by atoms with E-state index in [4.69, 9.17) is 0 Å². The first-order valence-electron chi connectivity index (χ1n) is 8.93. The van der Waals surface area contributed by atoms with Crippen molar-refractivity contribution in [2.24, 2.45) is 0 Å². The number of piperidine rings is 1. The van der Waals surface area contributed by atoms with Gasteiger partial charge in [0, 0.05) is 17.5 Å². The molecule has 0 radical (unpaired) electrons. The molecule has 3 aromatic heterocycles. The molecule has 0 unspecified atom stereocenters. The fraction of sp³-hybridized carbons (Fsp3) is 0.316. The average molecular weight is 397 g/mol. The van der Waals surface area contributed by atoms with Gasteiger partial charge in [0.1, 0.15) is 5.56 Å². The number of ketones is 1. The maximum absolute atomic E-state index is 12.9. The molecule has 1 aliphatic rings. The Kier molecular flexibility index (Phi) is 4.68. The molecule has 28 heavy (non-hydrogen) atoms. The Morgan fingerprint density at radius 3 is 2.86 bits per heavy atom. The molecular formula is C19H19N5O3S. The zero-order chi connectivity index (χ0) is 19.8. The minimum Gasteiger partial charge on any atom is -0.347 e. The molecule has 0 aliphatic carbocycles. The number of Topliss-reactive ketones (excluding diaryl/α,β-unsaturated/α-hetero) is 1. The van der Waals surface area contributed by atoms with E-state index in [1.54, 1.807) is 18.3 Å². The number of aromatic nitrogens is 3. The Balaban J connectivity index is 1.62. The summed E-state index contributed by atoms with van der Waals surface area (Å²) in [5.74, 6) is -0.431. The second-order valence-electron chi connectivity index (χ2n) is 6.79. The summed E-state index contributed by atoms with van der Waals surface area (Å²) < 4.78 is 1.51. The van der Waals surface area contributed by atoms with Crippen LogP contribution in [-0.2, 0) is 4.79 Å². The number of rotatable bonds is 4. The van der Waals surface area contributed by atoms with Crippen molar-refractivity contribution >= 4 is 34.6 Å². The normalized spacial score (nSPS) is 19.4. The molecule has 0 aromatic carbocycles. The van der Waals surface area contributed by atoms with Crippen LogP contribution in [0.1, 0.15) is 57.1 Å². The van der Waals surface area contributed by atoms with Gasteiger partial charge in [-0.25, -0.2) is 9.50 Å². The van der Waals surface area contributed by atoms with Crippen LogP contribution in [0.5, 0.6) is 0 Å². The first-order valence-corrected chi connectivity index (χ1v) is 9.81. The van der Waals surface area contributed by atoms with E-state index in [0.717, 1.165) is 4.88 Å². The van der Waals surface area contributed by atoms with Crippen LogP contribution in [0.25, 0.3) is 5.65 Å². The standard InChI is InChI=1S/C19H19N5O3S/c1-10-12(11(2)25)8-20-18-13(9-21-24(10)18)19(27)22-14-5-6-16(26)23-17(14)15-4-3-7-28-15/h3-4,7-9,14,17H,5-6H2,1-2H3,(H,22,27)(H,23,26)/t14-,17-/m1/s1. The van der Waals surface area contributed by atoms with E-state index < -0.39 is 0 Å². The van der Waals surface area contributed by atoms with Crippen molar-refractivity contribution < 1.29 is 14.4 Å². The van der Waals surface area contributed by atoms with Gasteiger partial charge in [0.05, 0.1) is 29.5 Å². The summed E-state index contributed by atoms with van der Waals surface area (Å²) in [5.41, 5.74) is 1.83. The minimum atomic E-state index is -0.305. The lowest BCUT2D eigenvalue weighted by molar-refractivity contribution is -0.123. The quantitative estimate of drug-likeness (QED) is 0.656. The number of amides is 2. The number of nitrogens with zero attached hydrogens (tertiary/aromatic N) is 3. The van der Waals surface area contributed by atoms with Gasteiger partial charge in [-0.1, -0.05) is 6.07 Å². The first kappa shape index (κ1) is 18.3. The van der Waals surface area contributed by atoms with Crippen molar-refractivity contribution in [1.82, 2.24) is 25.2 Å². The summed E-state index contributed by atoms with van der Waals surface area (Å²) in [6.45, 7) is 3.23. The van der Waals surface area contributed by atoms with Gasteiger partial charge in [-0.3, -0.25) is 14.4 Å². The molecule has 1 saturated heterocycles. The highest BCUT2D eigenvalue weighted by Crippen LogP contribution is 2.28. The van der Waals surface area contributed by atoms with Crippen LogP contribution >= 0.6 is 11.3 Å². The lowest BCUT2D eigenvalue weighted by Gasteiger charge is -2.32. The second kappa shape index (κ2) is 7.16. The molecule has 2 amide bonds. The molecule has 8 nitrogen and oxygen atoms in total. The molecule has 2 N–H and O–H groups in total. The number of carbonyl (C=O) groups excluding carboxylic acids is 3. The summed E-state index contributed by atoms with van der Waals surface area (Å²) in [4.78, 5) is 41.8. The van der Waals surface area contributed by atoms with Gasteiger partial charge in [0.2, 0.25) is 5.91 Å². The fourth-order valence-electron chi connectivity index (χ4n) is 3.49. The molecule has 3 aromatic rings. The largest absolute Gasteiger partial charge is 0.347 e. The van der Waals surface area contributed by atoms with Crippen molar-refractivity contribution in [2.75, 3.05) is 0 Å². The third-order valence-electron chi connectivity index (χ3n) is 4.96. The summed E-state index contributed by atoms with van der Waals surface area (Å²) in [5, 5.41) is 12.2. The SMILES string of the molecule is CC(=O)c1cnc2c(C(=O)N[C@@H]3CCC(=O)N[C@H]3c3cccs3)cnn2c1C. The Labute approximate surface area is 165 Å². The van der Waals surface area contributed by atoms with E-state index in [2.05, 4.69) is 20.7 Å². The topological polar surface area (TPSA) is 105 Å². The number of nitrogens with one attached hydrogen (secondary N) is 2. The van der Waals surface area contributed by atoms with Gasteiger partial charge in [-0.05, 0) is 31.7 Å². The van der Waals surface area contributed by atoms with Gasteiger partial charge in [-0.15, -0.1) is 11.3 Å². The van der Waals surface area contributed by atoms with Crippen molar-refractivity contribution in [3.63, 3.8) is 0 Å². The van der Waals surface area contributed by atoms with E-state index in [-0.39, 0.29) is 29.7 Å². The summed E-state index contributed by atoms with van der Waals surface area (Å²) in [6.07, 6.45) is 3.85. The van der Waals surface area contributed by atoms with E-state index in [1.165, 1.54) is 23.8 Å². The highest BCUT2D eigenvalue weighted by atomic mass is 32.1. The molecule has 0 bridgehead atoms. The molecule has 1 fully saturated rings. The Morgan fingerprint density at radius 2 is 2.14 bits per heavy atom. The highest BCUT2D eigenvalue weighted by molar-refractivity contribution is 7.10. The molecule has 2 atom stereocenters. The summed E-state index contributed by atoms with van der Waals surface area (Å²) >= 11 is 1.54. The van der Waals surface area contributed by atoms with Crippen LogP contribution in [0.2, 0.25) is 0 Å². The summed E-state index contributed by atoms with van der Waals surface area (Å²) in [6, 6.07) is 3.39. The molecule has 4 heterocycles. The van der Waals surface area contributed by atoms with Crippen LogP contribution in [0, 0.1) is 6.92 Å². The number of fused-ring (bicyclic) bond motifs is 1. The zero-order valence-corrected chi connectivity index (χ0v) is 16.2. The van der Waals surface area contributed by atoms with Crippen molar-refractivity contribution in [1.29, 1.82) is 0 Å². The van der Waals surface area contributed by atoms with Crippen LogP contribution in [0.3, 0.4) is 0 Å². The van der Waals surface area contributed by atoms with Crippen LogP contribution < -0.4 is 10.6 Å². The predicted octanol–water partition coefficient (Wildman–Crippen LogP) is 2.05. The average Bonchev–Trinajstić information content (AvgIpc) is 3.33. The first-order chi connectivity index (χ1) is 13.5. The van der Waals surface area contributed by atoms with Gasteiger partial charge < -0.3 is 10.6 Å². The monoisotopic (exact) mass is 397 g/mol. The van der Waals surface area contributed by atoms with Crippen molar-refractivity contribution in [3.8, 4) is 0 Å². The zero-order valence-electron chi connectivity index (χ0n) is 15.4. The molecule has 4 rings (SSSR count). The second-order valence-corrected chi connectivity index (χ2v) is 7.77. The van der Waals surface area contributed by atoms with E-state index in [0.29, 0.717) is 35.3 Å². The molecule has 0 spiro atoms. The van der Waals surface area contributed by atoms with E-state index >= 15 is 0 Å². The molecule has 1 aliphatic heterocycles. The third kappa shape index (κ3) is 3.18. The van der Waals surface area contributed by atoms with Crippen LogP contribution in [0.4, 0.5) is 0 Å². The molecule has 144 valence electrons. The third-order valence-corrected chi connectivity index (χ3v) is 5.91. The Morgan fingerprint density at radius 1 is 1.32 bits per heavy atom. The molecule has 0 saturated carbocycles. The molecule has 9 heteroatoms. The van der Waals surface area contributed by atoms with E-state index in [1.807, 2.05) is 17.5 Å². The highest BCUT2D eigenvalue weighted by Gasteiger charge is 2.32. The van der Waals surface area contributed by atoms with Crippen molar-refractivity contribution in [2.45, 2.75) is 38.8 Å². The van der Waals surface area contributed by atoms with Crippen LogP contribution in [0.15, 0.2) is 29.9 Å². The lowest BCUT2D eigenvalue weighted by Crippen LogP contribution is -2.49. The number of hydrogen-bond donors (Lipinski definition) is 2. The lowest BCUT2D eigenvalue weighted by atomic mass is 9.96.